The second-order valence-corrected chi connectivity index (χ2v) is 4.10. The summed E-state index contributed by atoms with van der Waals surface area (Å²) in [5.41, 5.74) is 1.03. The standard InChI is InChI=1S/C13H18ClNO/c1-3-5-6-7-12(15-9-4-2)11-8-10-16-13(11)14/h1,8,10,12,15H,4-7,9H2,2H3. The van der Waals surface area contributed by atoms with E-state index in [1.807, 2.05) is 6.07 Å². The Hall–Kier alpha value is -0.910. The molecule has 2 nitrogen and oxygen atoms in total. The van der Waals surface area contributed by atoms with Crippen LogP contribution in [0, 0.1) is 12.3 Å². The molecule has 3 heteroatoms. The van der Waals surface area contributed by atoms with E-state index in [2.05, 4.69) is 18.2 Å². The van der Waals surface area contributed by atoms with Crippen molar-refractivity contribution in [2.45, 2.75) is 38.6 Å². The predicted molar refractivity (Wildman–Crippen MR) is 67.4 cm³/mol. The Morgan fingerprint density at radius 3 is 3.00 bits per heavy atom. The molecular weight excluding hydrogens is 222 g/mol. The highest BCUT2D eigenvalue weighted by atomic mass is 35.5. The van der Waals surface area contributed by atoms with E-state index in [1.165, 1.54) is 0 Å². The van der Waals surface area contributed by atoms with Crippen LogP contribution in [0.3, 0.4) is 0 Å². The van der Waals surface area contributed by atoms with Gasteiger partial charge in [0.1, 0.15) is 0 Å². The van der Waals surface area contributed by atoms with Gasteiger partial charge in [0.2, 0.25) is 0 Å². The summed E-state index contributed by atoms with van der Waals surface area (Å²) >= 11 is 5.98. The highest BCUT2D eigenvalue weighted by Gasteiger charge is 2.15. The van der Waals surface area contributed by atoms with E-state index >= 15 is 0 Å². The fraction of sp³-hybridized carbons (Fsp3) is 0.538. The summed E-state index contributed by atoms with van der Waals surface area (Å²) in [6, 6.07) is 2.17. The monoisotopic (exact) mass is 239 g/mol. The van der Waals surface area contributed by atoms with E-state index < -0.39 is 0 Å². The molecule has 1 heterocycles. The molecule has 1 aromatic rings. The van der Waals surface area contributed by atoms with Crippen LogP contribution >= 0.6 is 11.6 Å². The van der Waals surface area contributed by atoms with Crippen molar-refractivity contribution in [1.82, 2.24) is 5.32 Å². The number of nitrogens with one attached hydrogen (secondary N) is 1. The topological polar surface area (TPSA) is 25.2 Å². The number of halogens is 1. The Bertz CT molecular complexity index is 340. The highest BCUT2D eigenvalue weighted by Crippen LogP contribution is 2.27. The van der Waals surface area contributed by atoms with Crippen molar-refractivity contribution in [3.8, 4) is 12.3 Å². The molecule has 0 bridgehead atoms. The number of hydrogen-bond acceptors (Lipinski definition) is 2. The van der Waals surface area contributed by atoms with Gasteiger partial charge in [0.25, 0.3) is 0 Å². The molecule has 1 aromatic heterocycles. The van der Waals surface area contributed by atoms with Gasteiger partial charge in [0.15, 0.2) is 5.22 Å². The molecule has 1 rings (SSSR count). The van der Waals surface area contributed by atoms with Crippen LogP contribution in [0.15, 0.2) is 16.7 Å². The molecule has 0 spiro atoms. The van der Waals surface area contributed by atoms with Crippen molar-refractivity contribution in [1.29, 1.82) is 0 Å². The lowest BCUT2D eigenvalue weighted by Crippen LogP contribution is -2.21. The lowest BCUT2D eigenvalue weighted by Gasteiger charge is -2.16. The molecule has 16 heavy (non-hydrogen) atoms. The van der Waals surface area contributed by atoms with E-state index in [0.29, 0.717) is 5.22 Å². The Morgan fingerprint density at radius 2 is 2.44 bits per heavy atom. The second-order valence-electron chi connectivity index (χ2n) is 3.75. The molecule has 0 amide bonds. The third kappa shape index (κ3) is 3.92. The summed E-state index contributed by atoms with van der Waals surface area (Å²) < 4.78 is 5.12. The van der Waals surface area contributed by atoms with Gasteiger partial charge < -0.3 is 9.73 Å². The van der Waals surface area contributed by atoms with Crippen molar-refractivity contribution in [2.24, 2.45) is 0 Å². The van der Waals surface area contributed by atoms with Crippen LogP contribution in [-0.4, -0.2) is 6.54 Å². The van der Waals surface area contributed by atoms with Crippen LogP contribution in [0.2, 0.25) is 5.22 Å². The van der Waals surface area contributed by atoms with Crippen molar-refractivity contribution < 1.29 is 4.42 Å². The van der Waals surface area contributed by atoms with Gasteiger partial charge >= 0.3 is 0 Å². The zero-order chi connectivity index (χ0) is 11.8. The summed E-state index contributed by atoms with van der Waals surface area (Å²) in [7, 11) is 0. The van der Waals surface area contributed by atoms with E-state index in [-0.39, 0.29) is 6.04 Å². The van der Waals surface area contributed by atoms with Gasteiger partial charge in [0.05, 0.1) is 6.26 Å². The lowest BCUT2D eigenvalue weighted by atomic mass is 10.0. The number of terminal acetylenes is 1. The first-order valence-electron chi connectivity index (χ1n) is 5.69. The summed E-state index contributed by atoms with van der Waals surface area (Å²) in [6.45, 7) is 3.12. The summed E-state index contributed by atoms with van der Waals surface area (Å²) in [5.74, 6) is 2.65. The lowest BCUT2D eigenvalue weighted by molar-refractivity contribution is 0.479. The van der Waals surface area contributed by atoms with Crippen LogP contribution in [0.4, 0.5) is 0 Å². The first kappa shape index (κ1) is 13.2. The molecule has 88 valence electrons. The molecule has 0 aromatic carbocycles. The van der Waals surface area contributed by atoms with Gasteiger partial charge in [-0.3, -0.25) is 0 Å². The Labute approximate surface area is 102 Å². The van der Waals surface area contributed by atoms with Crippen LogP contribution in [0.5, 0.6) is 0 Å². The normalized spacial score (nSPS) is 12.3. The maximum absolute atomic E-state index is 5.98. The van der Waals surface area contributed by atoms with Gasteiger partial charge in [-0.05, 0) is 43.5 Å². The minimum Gasteiger partial charge on any atom is -0.453 e. The molecule has 1 atom stereocenters. The quantitative estimate of drug-likeness (QED) is 0.579. The molecule has 0 saturated carbocycles. The van der Waals surface area contributed by atoms with Gasteiger partial charge in [0, 0.05) is 18.0 Å². The summed E-state index contributed by atoms with van der Waals surface area (Å²) in [6.07, 6.45) is 10.8. The minimum atomic E-state index is 0.250. The average Bonchev–Trinajstić information content (AvgIpc) is 2.70. The number of rotatable bonds is 7. The largest absolute Gasteiger partial charge is 0.453 e. The zero-order valence-corrected chi connectivity index (χ0v) is 10.4. The molecule has 0 aliphatic carbocycles. The molecule has 0 aliphatic rings. The SMILES string of the molecule is C#CCCCC(NCCC)c1ccoc1Cl. The molecule has 0 saturated heterocycles. The van der Waals surface area contributed by atoms with E-state index in [4.69, 9.17) is 22.4 Å². The van der Waals surface area contributed by atoms with Gasteiger partial charge in [-0.1, -0.05) is 6.92 Å². The smallest absolute Gasteiger partial charge is 0.197 e. The first-order chi connectivity index (χ1) is 7.79. The second kappa shape index (κ2) is 7.38. The van der Waals surface area contributed by atoms with Crippen LogP contribution < -0.4 is 5.32 Å². The van der Waals surface area contributed by atoms with Gasteiger partial charge in [-0.25, -0.2) is 0 Å². The fourth-order valence-electron chi connectivity index (χ4n) is 1.65. The predicted octanol–water partition coefficient (Wildman–Crippen LogP) is 3.78. The minimum absolute atomic E-state index is 0.250. The number of furan rings is 1. The molecule has 0 radical (unpaired) electrons. The molecule has 0 fully saturated rings. The van der Waals surface area contributed by atoms with E-state index in [9.17, 15) is 0 Å². The Kier molecular flexibility index (Phi) is 6.07. The van der Waals surface area contributed by atoms with Crippen LogP contribution in [0.25, 0.3) is 0 Å². The third-order valence-electron chi connectivity index (χ3n) is 2.48. The zero-order valence-electron chi connectivity index (χ0n) is 9.63. The third-order valence-corrected chi connectivity index (χ3v) is 2.78. The van der Waals surface area contributed by atoms with E-state index in [0.717, 1.165) is 37.8 Å². The van der Waals surface area contributed by atoms with Crippen LogP contribution in [-0.2, 0) is 0 Å². The Morgan fingerprint density at radius 1 is 1.62 bits per heavy atom. The maximum atomic E-state index is 5.98. The van der Waals surface area contributed by atoms with Crippen molar-refractivity contribution in [3.05, 3.63) is 23.1 Å². The average molecular weight is 240 g/mol. The maximum Gasteiger partial charge on any atom is 0.197 e. The number of hydrogen-bond donors (Lipinski definition) is 1. The molecule has 1 unspecified atom stereocenters. The molecular formula is C13H18ClNO. The highest BCUT2D eigenvalue weighted by molar-refractivity contribution is 6.29. The fourth-order valence-corrected chi connectivity index (χ4v) is 1.89. The van der Waals surface area contributed by atoms with Crippen molar-refractivity contribution >= 4 is 11.6 Å². The summed E-state index contributed by atoms with van der Waals surface area (Å²) in [5, 5.41) is 3.94. The number of unbranched alkanes of at least 4 members (excludes halogenated alkanes) is 1. The summed E-state index contributed by atoms with van der Waals surface area (Å²) in [4.78, 5) is 0. The van der Waals surface area contributed by atoms with Crippen molar-refractivity contribution in [2.75, 3.05) is 6.54 Å². The molecule has 0 aliphatic heterocycles. The van der Waals surface area contributed by atoms with Crippen LogP contribution in [0.1, 0.15) is 44.2 Å². The van der Waals surface area contributed by atoms with Gasteiger partial charge in [-0.2, -0.15) is 0 Å². The van der Waals surface area contributed by atoms with Gasteiger partial charge in [-0.15, -0.1) is 12.3 Å². The van der Waals surface area contributed by atoms with Crippen molar-refractivity contribution in [3.63, 3.8) is 0 Å². The van der Waals surface area contributed by atoms with E-state index in [1.54, 1.807) is 6.26 Å². The first-order valence-corrected chi connectivity index (χ1v) is 6.07. The molecule has 1 N–H and O–H groups in total. The Balaban J connectivity index is 2.57.